The fourth-order valence-corrected chi connectivity index (χ4v) is 4.58. The molecule has 38 heavy (non-hydrogen) atoms. The van der Waals surface area contributed by atoms with E-state index in [1.165, 1.54) is 0 Å². The number of aliphatic carboxylic acids is 1. The van der Waals surface area contributed by atoms with Crippen LogP contribution in [0, 0.1) is 11.3 Å². The molecule has 0 unspecified atom stereocenters. The predicted octanol–water partition coefficient (Wildman–Crippen LogP) is 1.89. The maximum atomic E-state index is 11.1. The molecule has 12 nitrogen and oxygen atoms in total. The van der Waals surface area contributed by atoms with Gasteiger partial charge in [0.2, 0.25) is 5.95 Å². The Labute approximate surface area is 219 Å². The van der Waals surface area contributed by atoms with E-state index in [4.69, 9.17) is 15.8 Å². The first-order valence-corrected chi connectivity index (χ1v) is 12.1. The number of nitrogen functional groups attached to an aromatic ring is 1. The number of carboxylic acids is 1. The zero-order valence-corrected chi connectivity index (χ0v) is 20.8. The Morgan fingerprint density at radius 3 is 2.71 bits per heavy atom. The molecule has 0 amide bonds. The molecule has 0 saturated carbocycles. The normalized spacial score (nSPS) is 15.8. The van der Waals surface area contributed by atoms with Gasteiger partial charge in [0.25, 0.3) is 0 Å². The average Bonchev–Trinajstić information content (AvgIpc) is 3.37. The van der Waals surface area contributed by atoms with Crippen LogP contribution in [-0.2, 0) is 11.3 Å². The van der Waals surface area contributed by atoms with Gasteiger partial charge < -0.3 is 15.7 Å². The summed E-state index contributed by atoms with van der Waals surface area (Å²) >= 11 is 0. The SMILES string of the molecule is C[C@@H]1CN(CC(=O)O)CCN1c1cccc(Cn2cc(-c3cc(-c4cccc(C#N)c4)nc(N)n3)nn2)n1. The van der Waals surface area contributed by atoms with Gasteiger partial charge in [-0.2, -0.15) is 5.26 Å². The van der Waals surface area contributed by atoms with Gasteiger partial charge in [0.1, 0.15) is 11.5 Å². The summed E-state index contributed by atoms with van der Waals surface area (Å²) in [5.41, 5.74) is 9.72. The Balaban J connectivity index is 1.32. The zero-order chi connectivity index (χ0) is 26.6. The number of nitriles is 1. The van der Waals surface area contributed by atoms with E-state index in [1.807, 2.05) is 29.2 Å². The van der Waals surface area contributed by atoms with Crippen molar-refractivity contribution in [2.45, 2.75) is 19.5 Å². The molecule has 0 aliphatic carbocycles. The van der Waals surface area contributed by atoms with Crippen molar-refractivity contribution >= 4 is 17.7 Å². The summed E-state index contributed by atoms with van der Waals surface area (Å²) in [4.78, 5) is 28.7. The lowest BCUT2D eigenvalue weighted by molar-refractivity contribution is -0.138. The van der Waals surface area contributed by atoms with Crippen LogP contribution in [0.15, 0.2) is 54.7 Å². The van der Waals surface area contributed by atoms with Crippen molar-refractivity contribution in [2.24, 2.45) is 0 Å². The Bertz CT molecular complexity index is 1510. The molecular formula is C26H26N10O2. The van der Waals surface area contributed by atoms with Gasteiger partial charge in [-0.1, -0.05) is 23.4 Å². The first kappa shape index (κ1) is 24.8. The molecule has 0 radical (unpaired) electrons. The largest absolute Gasteiger partial charge is 0.480 e. The second kappa shape index (κ2) is 10.6. The number of nitrogens with two attached hydrogens (primary N) is 1. The summed E-state index contributed by atoms with van der Waals surface area (Å²) in [7, 11) is 0. The van der Waals surface area contributed by atoms with Gasteiger partial charge in [-0.25, -0.2) is 19.6 Å². The number of aromatic nitrogens is 6. The fourth-order valence-electron chi connectivity index (χ4n) is 4.58. The van der Waals surface area contributed by atoms with Gasteiger partial charge in [-0.05, 0) is 37.3 Å². The van der Waals surface area contributed by atoms with Crippen LogP contribution < -0.4 is 10.6 Å². The topological polar surface area (TPSA) is 163 Å². The van der Waals surface area contributed by atoms with Crippen LogP contribution in [0.1, 0.15) is 18.2 Å². The number of carboxylic acid groups (broad SMARTS) is 1. The lowest BCUT2D eigenvalue weighted by Gasteiger charge is -2.40. The minimum atomic E-state index is -0.813. The first-order valence-electron chi connectivity index (χ1n) is 12.1. The maximum absolute atomic E-state index is 11.1. The van der Waals surface area contributed by atoms with E-state index in [0.717, 1.165) is 17.1 Å². The van der Waals surface area contributed by atoms with Crippen LogP contribution in [-0.4, -0.2) is 78.1 Å². The Morgan fingerprint density at radius 2 is 1.92 bits per heavy atom. The van der Waals surface area contributed by atoms with Gasteiger partial charge in [0.05, 0.1) is 48.0 Å². The molecule has 3 N–H and O–H groups in total. The van der Waals surface area contributed by atoms with E-state index < -0.39 is 5.97 Å². The molecule has 0 bridgehead atoms. The van der Waals surface area contributed by atoms with Crippen molar-refractivity contribution in [3.8, 4) is 28.7 Å². The van der Waals surface area contributed by atoms with E-state index in [2.05, 4.69) is 38.2 Å². The van der Waals surface area contributed by atoms with E-state index >= 15 is 0 Å². The Kier molecular flexibility index (Phi) is 6.92. The molecule has 1 aliphatic rings. The van der Waals surface area contributed by atoms with Crippen molar-refractivity contribution in [3.05, 3.63) is 66.0 Å². The smallest absolute Gasteiger partial charge is 0.317 e. The number of rotatable bonds is 7. The Morgan fingerprint density at radius 1 is 1.11 bits per heavy atom. The number of pyridine rings is 1. The maximum Gasteiger partial charge on any atom is 0.317 e. The number of benzene rings is 1. The standard InChI is InChI=1S/C26H26N10O2/c1-17-13-34(16-25(37)38)8-9-36(17)24-7-3-6-20(29-24)14-35-15-23(32-33-35)22-11-21(30-26(28)31-22)19-5-2-4-18(10-19)12-27/h2-7,10-11,15,17H,8-9,13-14,16H2,1H3,(H,37,38)(H2,28,30,31)/t17-/m1/s1. The summed E-state index contributed by atoms with van der Waals surface area (Å²) in [6.45, 7) is 4.56. The number of nitrogens with zero attached hydrogens (tertiary/aromatic N) is 9. The minimum absolute atomic E-state index is 0.0476. The van der Waals surface area contributed by atoms with Crippen molar-refractivity contribution in [2.75, 3.05) is 36.8 Å². The van der Waals surface area contributed by atoms with Crippen LogP contribution in [0.2, 0.25) is 0 Å². The van der Waals surface area contributed by atoms with Crippen molar-refractivity contribution in [1.29, 1.82) is 5.26 Å². The van der Waals surface area contributed by atoms with Crippen molar-refractivity contribution in [1.82, 2.24) is 34.8 Å². The average molecular weight is 511 g/mol. The number of piperazine rings is 1. The molecule has 4 aromatic rings. The molecule has 1 aromatic carbocycles. The summed E-state index contributed by atoms with van der Waals surface area (Å²) in [5.74, 6) is 0.131. The fraction of sp³-hybridized carbons (Fsp3) is 0.269. The zero-order valence-electron chi connectivity index (χ0n) is 20.8. The molecule has 0 spiro atoms. The second-order valence-electron chi connectivity index (χ2n) is 9.15. The van der Waals surface area contributed by atoms with Crippen LogP contribution in [0.5, 0.6) is 0 Å². The van der Waals surface area contributed by atoms with Crippen LogP contribution in [0.3, 0.4) is 0 Å². The third-order valence-electron chi connectivity index (χ3n) is 6.31. The van der Waals surface area contributed by atoms with Gasteiger partial charge in [-0.3, -0.25) is 9.69 Å². The third kappa shape index (κ3) is 5.58. The van der Waals surface area contributed by atoms with Crippen LogP contribution in [0.4, 0.5) is 11.8 Å². The molecule has 192 valence electrons. The molecule has 1 saturated heterocycles. The highest BCUT2D eigenvalue weighted by atomic mass is 16.4. The molecule has 1 atom stereocenters. The number of carbonyl (C=O) groups is 1. The number of anilines is 2. The molecule has 5 rings (SSSR count). The highest BCUT2D eigenvalue weighted by Crippen LogP contribution is 2.24. The predicted molar refractivity (Wildman–Crippen MR) is 140 cm³/mol. The lowest BCUT2D eigenvalue weighted by Crippen LogP contribution is -2.53. The van der Waals surface area contributed by atoms with Gasteiger partial charge in [-0.15, -0.1) is 5.10 Å². The minimum Gasteiger partial charge on any atom is -0.480 e. The van der Waals surface area contributed by atoms with E-state index in [1.54, 1.807) is 35.1 Å². The third-order valence-corrected chi connectivity index (χ3v) is 6.31. The highest BCUT2D eigenvalue weighted by Gasteiger charge is 2.26. The number of hydrogen-bond donors (Lipinski definition) is 2. The van der Waals surface area contributed by atoms with Gasteiger partial charge in [0, 0.05) is 31.2 Å². The first-order chi connectivity index (χ1) is 18.4. The molecule has 1 aliphatic heterocycles. The van der Waals surface area contributed by atoms with E-state index in [-0.39, 0.29) is 18.5 Å². The van der Waals surface area contributed by atoms with Crippen molar-refractivity contribution < 1.29 is 9.90 Å². The molecule has 12 heteroatoms. The summed E-state index contributed by atoms with van der Waals surface area (Å²) in [5, 5.41) is 26.8. The quantitative estimate of drug-likeness (QED) is 0.373. The van der Waals surface area contributed by atoms with Crippen LogP contribution in [0.25, 0.3) is 22.6 Å². The van der Waals surface area contributed by atoms with E-state index in [9.17, 15) is 10.1 Å². The summed E-state index contributed by atoms with van der Waals surface area (Å²) in [6.07, 6.45) is 1.78. The molecular weight excluding hydrogens is 484 g/mol. The van der Waals surface area contributed by atoms with E-state index in [0.29, 0.717) is 48.8 Å². The number of hydrogen-bond acceptors (Lipinski definition) is 10. The van der Waals surface area contributed by atoms with Crippen molar-refractivity contribution in [3.63, 3.8) is 0 Å². The van der Waals surface area contributed by atoms with Gasteiger partial charge in [0.15, 0.2) is 0 Å². The summed E-state index contributed by atoms with van der Waals surface area (Å²) in [6, 6.07) is 17.0. The highest BCUT2D eigenvalue weighted by molar-refractivity contribution is 5.69. The van der Waals surface area contributed by atoms with Gasteiger partial charge >= 0.3 is 5.97 Å². The summed E-state index contributed by atoms with van der Waals surface area (Å²) < 4.78 is 1.68. The second-order valence-corrected chi connectivity index (χ2v) is 9.15. The van der Waals surface area contributed by atoms with Crippen LogP contribution >= 0.6 is 0 Å². The molecule has 4 heterocycles. The molecule has 3 aromatic heterocycles. The Hall–Kier alpha value is -4.89. The molecule has 1 fully saturated rings. The lowest BCUT2D eigenvalue weighted by atomic mass is 10.1. The monoisotopic (exact) mass is 510 g/mol.